The van der Waals surface area contributed by atoms with E-state index < -0.39 is 36.0 Å². The topological polar surface area (TPSA) is 101 Å². The third kappa shape index (κ3) is 6.30. The van der Waals surface area contributed by atoms with Gasteiger partial charge in [-0.05, 0) is 73.2 Å². The van der Waals surface area contributed by atoms with Gasteiger partial charge in [-0.3, -0.25) is 19.2 Å². The fourth-order valence-corrected chi connectivity index (χ4v) is 4.49. The first kappa shape index (κ1) is 27.5. The molecule has 0 unspecified atom stereocenters. The van der Waals surface area contributed by atoms with E-state index in [0.29, 0.717) is 22.0 Å². The van der Waals surface area contributed by atoms with E-state index in [9.17, 15) is 24.0 Å². The number of hydrogen-bond acceptors (Lipinski definition) is 6. The Labute approximate surface area is 236 Å². The molecule has 3 amide bonds. The lowest BCUT2D eigenvalue weighted by atomic mass is 10.1. The van der Waals surface area contributed by atoms with Gasteiger partial charge in [-0.25, -0.2) is 9.80 Å². The molecule has 3 aromatic carbocycles. The van der Waals surface area contributed by atoms with E-state index >= 15 is 0 Å². The largest absolute Gasteiger partial charge is 0.423 e. The summed E-state index contributed by atoms with van der Waals surface area (Å²) in [6.07, 6.45) is 0.458. The Kier molecular flexibility index (Phi) is 8.61. The number of halogens is 3. The molecule has 1 aliphatic rings. The highest BCUT2D eigenvalue weighted by Crippen LogP contribution is 2.25. The molecule has 1 heterocycles. The first-order valence-electron chi connectivity index (χ1n) is 11.4. The van der Waals surface area contributed by atoms with E-state index in [0.717, 1.165) is 9.48 Å². The third-order valence-corrected chi connectivity index (χ3v) is 6.73. The van der Waals surface area contributed by atoms with Gasteiger partial charge in [-0.15, -0.1) is 0 Å². The Morgan fingerprint density at radius 1 is 0.868 bits per heavy atom. The maximum atomic E-state index is 13.4. The summed E-state index contributed by atoms with van der Waals surface area (Å²) >= 11 is 15.4. The Hall–Kier alpha value is -3.53. The second-order valence-corrected chi connectivity index (χ2v) is 10.0. The zero-order chi connectivity index (χ0) is 27.4. The van der Waals surface area contributed by atoms with Gasteiger partial charge in [-0.1, -0.05) is 39.1 Å². The van der Waals surface area contributed by atoms with Crippen LogP contribution in [0, 0.1) is 0 Å². The number of hydrogen-bond donors (Lipinski definition) is 0. The van der Waals surface area contributed by atoms with Crippen LogP contribution in [0.5, 0.6) is 5.75 Å². The second-order valence-electron chi connectivity index (χ2n) is 8.28. The van der Waals surface area contributed by atoms with Crippen LogP contribution in [0.15, 0.2) is 71.2 Å². The van der Waals surface area contributed by atoms with Crippen LogP contribution >= 0.6 is 39.1 Å². The number of carbonyl (C=O) groups is 5. The number of esters is 1. The Morgan fingerprint density at radius 2 is 1.47 bits per heavy atom. The average Bonchev–Trinajstić information content (AvgIpc) is 2.88. The molecule has 0 atom stereocenters. The highest BCUT2D eigenvalue weighted by atomic mass is 79.9. The SMILES string of the molecule is O=C(CN(C(=O)c1ccc(Cl)cc1Cl)N1C(=O)CCCC1=O)c1ccc(OC(=O)c2ccc(Br)cc2)cc1. The molecular formula is C27H19BrCl2N2O6. The van der Waals surface area contributed by atoms with Crippen LogP contribution in [0.2, 0.25) is 10.0 Å². The predicted octanol–water partition coefficient (Wildman–Crippen LogP) is 5.75. The fraction of sp³-hybridized carbons (Fsp3) is 0.148. The Morgan fingerprint density at radius 3 is 2.08 bits per heavy atom. The van der Waals surface area contributed by atoms with Crippen molar-refractivity contribution in [3.05, 3.63) is 97.9 Å². The van der Waals surface area contributed by atoms with E-state index in [1.165, 1.54) is 42.5 Å². The quantitative estimate of drug-likeness (QED) is 0.145. The number of imide groups is 1. The van der Waals surface area contributed by atoms with Gasteiger partial charge in [-0.2, -0.15) is 5.01 Å². The number of carbonyl (C=O) groups excluding carboxylic acids is 5. The minimum absolute atomic E-state index is 0.00815. The van der Waals surface area contributed by atoms with Crippen LogP contribution < -0.4 is 4.74 Å². The zero-order valence-corrected chi connectivity index (χ0v) is 22.8. The second kappa shape index (κ2) is 11.9. The van der Waals surface area contributed by atoms with Crippen LogP contribution in [-0.4, -0.2) is 46.0 Å². The first-order chi connectivity index (χ1) is 18.1. The highest BCUT2D eigenvalue weighted by molar-refractivity contribution is 9.10. The lowest BCUT2D eigenvalue weighted by Crippen LogP contribution is -2.56. The minimum atomic E-state index is -0.802. The van der Waals surface area contributed by atoms with Crippen molar-refractivity contribution in [2.45, 2.75) is 19.3 Å². The molecule has 4 rings (SSSR count). The number of Topliss-reactive ketones (excluding diaryl/α,β-unsaturated/α-hetero) is 1. The molecule has 11 heteroatoms. The molecule has 194 valence electrons. The molecule has 0 saturated carbocycles. The van der Waals surface area contributed by atoms with Crippen molar-refractivity contribution in [1.29, 1.82) is 0 Å². The van der Waals surface area contributed by atoms with Gasteiger partial charge in [0.05, 0.1) is 16.1 Å². The van der Waals surface area contributed by atoms with Crippen molar-refractivity contribution in [2.24, 2.45) is 0 Å². The van der Waals surface area contributed by atoms with E-state index in [4.69, 9.17) is 27.9 Å². The van der Waals surface area contributed by atoms with Gasteiger partial charge in [0, 0.05) is 27.9 Å². The predicted molar refractivity (Wildman–Crippen MR) is 143 cm³/mol. The van der Waals surface area contributed by atoms with Crippen LogP contribution in [0.25, 0.3) is 0 Å². The van der Waals surface area contributed by atoms with E-state index in [1.54, 1.807) is 24.3 Å². The standard InChI is InChI=1S/C27H19BrCl2N2O6/c28-18-8-4-17(5-9-18)27(37)38-20-11-6-16(7-12-20)23(33)15-31(32-24(34)2-1-3-25(32)35)26(36)21-13-10-19(29)14-22(21)30/h4-14H,1-3,15H2. The summed E-state index contributed by atoms with van der Waals surface area (Å²) < 4.78 is 6.16. The lowest BCUT2D eigenvalue weighted by molar-refractivity contribution is -0.162. The minimum Gasteiger partial charge on any atom is -0.423 e. The van der Waals surface area contributed by atoms with Crippen LogP contribution in [-0.2, 0) is 9.59 Å². The van der Waals surface area contributed by atoms with Gasteiger partial charge < -0.3 is 4.74 Å². The van der Waals surface area contributed by atoms with Gasteiger partial charge in [0.1, 0.15) is 12.3 Å². The molecule has 0 aromatic heterocycles. The number of ketones is 1. The van der Waals surface area contributed by atoms with Gasteiger partial charge in [0.2, 0.25) is 11.8 Å². The van der Waals surface area contributed by atoms with Crippen molar-refractivity contribution in [1.82, 2.24) is 10.0 Å². The Bertz CT molecular complexity index is 1410. The monoisotopic (exact) mass is 616 g/mol. The molecule has 1 fully saturated rings. The number of amides is 3. The fourth-order valence-electron chi connectivity index (χ4n) is 3.73. The molecule has 8 nitrogen and oxygen atoms in total. The molecule has 0 N–H and O–H groups in total. The van der Waals surface area contributed by atoms with E-state index in [-0.39, 0.29) is 34.7 Å². The number of ether oxygens (including phenoxy) is 1. The Balaban J connectivity index is 1.54. The molecule has 0 aliphatic carbocycles. The van der Waals surface area contributed by atoms with Crippen molar-refractivity contribution in [2.75, 3.05) is 6.54 Å². The molecule has 0 spiro atoms. The molecular weight excluding hydrogens is 599 g/mol. The summed E-state index contributed by atoms with van der Waals surface area (Å²) in [6, 6.07) is 16.5. The normalized spacial score (nSPS) is 13.3. The average molecular weight is 618 g/mol. The number of rotatable bonds is 7. The molecule has 0 bridgehead atoms. The first-order valence-corrected chi connectivity index (χ1v) is 12.9. The molecule has 3 aromatic rings. The summed E-state index contributed by atoms with van der Waals surface area (Å²) in [5.74, 6) is -2.92. The summed E-state index contributed by atoms with van der Waals surface area (Å²) in [4.78, 5) is 64.1. The molecule has 1 saturated heterocycles. The number of hydrazine groups is 1. The lowest BCUT2D eigenvalue weighted by Gasteiger charge is -2.35. The van der Waals surface area contributed by atoms with Crippen molar-refractivity contribution in [3.63, 3.8) is 0 Å². The smallest absolute Gasteiger partial charge is 0.343 e. The molecule has 0 radical (unpaired) electrons. The van der Waals surface area contributed by atoms with E-state index in [2.05, 4.69) is 15.9 Å². The summed E-state index contributed by atoms with van der Waals surface area (Å²) in [5.41, 5.74) is 0.495. The van der Waals surface area contributed by atoms with Gasteiger partial charge >= 0.3 is 5.97 Å². The van der Waals surface area contributed by atoms with Crippen LogP contribution in [0.4, 0.5) is 0 Å². The summed E-state index contributed by atoms with van der Waals surface area (Å²) in [6.45, 7) is -0.604. The number of nitrogens with zero attached hydrogens (tertiary/aromatic N) is 2. The number of piperidine rings is 1. The maximum Gasteiger partial charge on any atom is 0.343 e. The van der Waals surface area contributed by atoms with Crippen molar-refractivity contribution >= 4 is 68.6 Å². The van der Waals surface area contributed by atoms with Crippen molar-refractivity contribution in [3.8, 4) is 5.75 Å². The maximum absolute atomic E-state index is 13.4. The van der Waals surface area contributed by atoms with Crippen molar-refractivity contribution < 1.29 is 28.7 Å². The van der Waals surface area contributed by atoms with E-state index in [1.807, 2.05) is 0 Å². The van der Waals surface area contributed by atoms with Crippen LogP contribution in [0.3, 0.4) is 0 Å². The highest BCUT2D eigenvalue weighted by Gasteiger charge is 2.36. The third-order valence-electron chi connectivity index (χ3n) is 5.65. The molecule has 1 aliphatic heterocycles. The van der Waals surface area contributed by atoms with Crippen LogP contribution in [0.1, 0.15) is 50.3 Å². The van der Waals surface area contributed by atoms with Gasteiger partial charge in [0.25, 0.3) is 5.91 Å². The number of benzene rings is 3. The summed E-state index contributed by atoms with van der Waals surface area (Å²) in [7, 11) is 0. The molecule has 38 heavy (non-hydrogen) atoms. The summed E-state index contributed by atoms with van der Waals surface area (Å²) in [5, 5.41) is 1.82. The zero-order valence-electron chi connectivity index (χ0n) is 19.7. The van der Waals surface area contributed by atoms with Gasteiger partial charge in [0.15, 0.2) is 5.78 Å².